The summed E-state index contributed by atoms with van der Waals surface area (Å²) in [5.74, 6) is -1.52. The van der Waals surface area contributed by atoms with Gasteiger partial charge in [0.05, 0.1) is 22.2 Å². The fraction of sp³-hybridized carbons (Fsp3) is 0.542. The number of carbonyl (C=O) groups excluding carboxylic acids is 3. The van der Waals surface area contributed by atoms with E-state index in [0.717, 1.165) is 19.6 Å². The van der Waals surface area contributed by atoms with Gasteiger partial charge >= 0.3 is 5.97 Å². The first-order chi connectivity index (χ1) is 15.8. The van der Waals surface area contributed by atoms with Gasteiger partial charge in [-0.05, 0) is 57.5 Å². The van der Waals surface area contributed by atoms with Crippen LogP contribution in [0.25, 0.3) is 0 Å². The topological polar surface area (TPSA) is 79.0 Å². The van der Waals surface area contributed by atoms with Crippen LogP contribution in [-0.2, 0) is 19.1 Å². The van der Waals surface area contributed by atoms with E-state index < -0.39 is 11.9 Å². The van der Waals surface area contributed by atoms with E-state index in [-0.39, 0.29) is 31.4 Å². The predicted octanol–water partition coefficient (Wildman–Crippen LogP) is 3.75. The number of benzene rings is 1. The largest absolute Gasteiger partial charge is 0.463 e. The Bertz CT molecular complexity index is 928. The van der Waals surface area contributed by atoms with Crippen molar-refractivity contribution in [3.63, 3.8) is 0 Å². The van der Waals surface area contributed by atoms with Crippen LogP contribution in [0, 0.1) is 0 Å². The summed E-state index contributed by atoms with van der Waals surface area (Å²) in [5, 5.41) is 3.64. The third-order valence-electron chi connectivity index (χ3n) is 6.16. The van der Waals surface area contributed by atoms with Gasteiger partial charge < -0.3 is 19.9 Å². The molecule has 33 heavy (non-hydrogen) atoms. The van der Waals surface area contributed by atoms with Crippen LogP contribution in [0.15, 0.2) is 29.5 Å². The van der Waals surface area contributed by atoms with Gasteiger partial charge in [-0.15, -0.1) is 0 Å². The van der Waals surface area contributed by atoms with Crippen molar-refractivity contribution >= 4 is 41.0 Å². The fourth-order valence-electron chi connectivity index (χ4n) is 4.43. The van der Waals surface area contributed by atoms with E-state index in [1.807, 2.05) is 0 Å². The molecule has 1 fully saturated rings. The van der Waals surface area contributed by atoms with Crippen molar-refractivity contribution in [2.75, 3.05) is 39.3 Å². The van der Waals surface area contributed by atoms with Crippen molar-refractivity contribution < 1.29 is 19.1 Å². The summed E-state index contributed by atoms with van der Waals surface area (Å²) in [6.07, 6.45) is 3.68. The molecule has 1 unspecified atom stereocenters. The van der Waals surface area contributed by atoms with Gasteiger partial charge in [0.15, 0.2) is 0 Å². The molecule has 0 saturated carbocycles. The Labute approximate surface area is 205 Å². The molecule has 1 N–H and O–H groups in total. The highest BCUT2D eigenvalue weighted by molar-refractivity contribution is 6.42. The molecule has 0 spiro atoms. The molecule has 2 heterocycles. The number of allylic oxidation sites excluding steroid dienone is 1. The molecule has 2 aliphatic rings. The molecule has 1 atom stereocenters. The Morgan fingerprint density at radius 3 is 2.55 bits per heavy atom. The molecule has 9 heteroatoms. The second-order valence-corrected chi connectivity index (χ2v) is 9.20. The summed E-state index contributed by atoms with van der Waals surface area (Å²) in [4.78, 5) is 42.2. The first-order valence-electron chi connectivity index (χ1n) is 11.4. The van der Waals surface area contributed by atoms with Gasteiger partial charge in [-0.3, -0.25) is 9.59 Å². The van der Waals surface area contributed by atoms with Gasteiger partial charge in [-0.2, -0.15) is 0 Å². The number of piperidine rings is 1. The van der Waals surface area contributed by atoms with E-state index in [1.165, 1.54) is 24.2 Å². The SMILES string of the molecule is CCOC(=O)C1=C(C)N(CC(=O)NCCN2CCCCC2)C(=O)CC1c1ccc(Cl)c(Cl)c1. The molecule has 0 aliphatic carbocycles. The van der Waals surface area contributed by atoms with Crippen LogP contribution < -0.4 is 5.32 Å². The number of nitrogens with zero attached hydrogens (tertiary/aromatic N) is 2. The first kappa shape index (κ1) is 25.5. The van der Waals surface area contributed by atoms with E-state index in [0.29, 0.717) is 33.4 Å². The monoisotopic (exact) mass is 495 g/mol. The molecule has 7 nitrogen and oxygen atoms in total. The maximum absolute atomic E-state index is 13.0. The third kappa shape index (κ3) is 6.49. The van der Waals surface area contributed by atoms with Crippen molar-refractivity contribution in [2.24, 2.45) is 0 Å². The Morgan fingerprint density at radius 1 is 1.15 bits per heavy atom. The molecule has 0 bridgehead atoms. The zero-order valence-electron chi connectivity index (χ0n) is 19.2. The van der Waals surface area contributed by atoms with Crippen molar-refractivity contribution in [1.82, 2.24) is 15.1 Å². The van der Waals surface area contributed by atoms with Gasteiger partial charge in [-0.25, -0.2) is 4.79 Å². The smallest absolute Gasteiger partial charge is 0.336 e. The molecular weight excluding hydrogens is 465 g/mol. The van der Waals surface area contributed by atoms with Gasteiger partial charge in [0.2, 0.25) is 11.8 Å². The van der Waals surface area contributed by atoms with E-state index in [1.54, 1.807) is 32.0 Å². The van der Waals surface area contributed by atoms with Gasteiger partial charge in [0.25, 0.3) is 0 Å². The number of hydrogen-bond donors (Lipinski definition) is 1. The minimum Gasteiger partial charge on any atom is -0.463 e. The number of hydrogen-bond acceptors (Lipinski definition) is 5. The lowest BCUT2D eigenvalue weighted by atomic mass is 9.83. The Balaban J connectivity index is 1.75. The second-order valence-electron chi connectivity index (χ2n) is 8.38. The van der Waals surface area contributed by atoms with Crippen molar-refractivity contribution in [1.29, 1.82) is 0 Å². The van der Waals surface area contributed by atoms with Crippen LogP contribution in [0.1, 0.15) is 51.0 Å². The van der Waals surface area contributed by atoms with Crippen LogP contribution in [-0.4, -0.2) is 66.9 Å². The normalized spacial score (nSPS) is 19.6. The molecule has 180 valence electrons. The summed E-state index contributed by atoms with van der Waals surface area (Å²) in [6.45, 7) is 6.90. The van der Waals surface area contributed by atoms with E-state index in [9.17, 15) is 14.4 Å². The summed E-state index contributed by atoms with van der Waals surface area (Å²) in [6, 6.07) is 5.06. The number of nitrogens with one attached hydrogen (secondary N) is 1. The Kier molecular flexibility index (Phi) is 9.18. The quantitative estimate of drug-likeness (QED) is 0.555. The molecule has 3 rings (SSSR count). The number of halogens is 2. The highest BCUT2D eigenvalue weighted by Gasteiger charge is 2.37. The summed E-state index contributed by atoms with van der Waals surface area (Å²) in [7, 11) is 0. The van der Waals surface area contributed by atoms with Crippen LogP contribution in [0.4, 0.5) is 0 Å². The molecule has 0 radical (unpaired) electrons. The van der Waals surface area contributed by atoms with Gasteiger partial charge in [-0.1, -0.05) is 35.7 Å². The number of amides is 2. The molecule has 0 aromatic heterocycles. The lowest BCUT2D eigenvalue weighted by Gasteiger charge is -2.34. The number of esters is 1. The van der Waals surface area contributed by atoms with Crippen molar-refractivity contribution in [3.05, 3.63) is 45.1 Å². The summed E-state index contributed by atoms with van der Waals surface area (Å²) < 4.78 is 5.28. The molecule has 2 amide bonds. The molecular formula is C24H31Cl2N3O4. The van der Waals surface area contributed by atoms with Crippen LogP contribution in [0.5, 0.6) is 0 Å². The van der Waals surface area contributed by atoms with Crippen LogP contribution >= 0.6 is 23.2 Å². The van der Waals surface area contributed by atoms with E-state index in [2.05, 4.69) is 10.2 Å². The van der Waals surface area contributed by atoms with E-state index in [4.69, 9.17) is 27.9 Å². The van der Waals surface area contributed by atoms with Gasteiger partial charge in [0, 0.05) is 31.1 Å². The zero-order chi connectivity index (χ0) is 24.0. The molecule has 1 saturated heterocycles. The second kappa shape index (κ2) is 11.9. The lowest BCUT2D eigenvalue weighted by molar-refractivity contribution is -0.141. The predicted molar refractivity (Wildman–Crippen MR) is 128 cm³/mol. The van der Waals surface area contributed by atoms with Crippen molar-refractivity contribution in [3.8, 4) is 0 Å². The zero-order valence-corrected chi connectivity index (χ0v) is 20.7. The van der Waals surface area contributed by atoms with Gasteiger partial charge in [0.1, 0.15) is 6.54 Å². The molecule has 1 aromatic carbocycles. The average Bonchev–Trinajstić information content (AvgIpc) is 2.79. The standard InChI is InChI=1S/C24H31Cl2N3O4/c1-3-33-24(32)23-16(2)29(15-21(30)27-9-12-28-10-5-4-6-11-28)22(31)14-18(23)17-7-8-19(25)20(26)13-17/h7-8,13,18H,3-6,9-12,14-15H2,1-2H3,(H,27,30). The third-order valence-corrected chi connectivity index (χ3v) is 6.90. The Morgan fingerprint density at radius 2 is 1.88 bits per heavy atom. The highest BCUT2D eigenvalue weighted by atomic mass is 35.5. The lowest BCUT2D eigenvalue weighted by Crippen LogP contribution is -2.45. The summed E-state index contributed by atoms with van der Waals surface area (Å²) in [5.41, 5.74) is 1.48. The minimum absolute atomic E-state index is 0.0322. The highest BCUT2D eigenvalue weighted by Crippen LogP contribution is 2.38. The molecule has 1 aromatic rings. The number of likely N-dealkylation sites (tertiary alicyclic amines) is 1. The molecule has 2 aliphatic heterocycles. The fourth-order valence-corrected chi connectivity index (χ4v) is 4.73. The minimum atomic E-state index is -0.523. The van der Waals surface area contributed by atoms with E-state index >= 15 is 0 Å². The first-order valence-corrected chi connectivity index (χ1v) is 12.2. The van der Waals surface area contributed by atoms with Crippen molar-refractivity contribution in [2.45, 2.75) is 45.4 Å². The Hall–Kier alpha value is -2.09. The number of carbonyl (C=O) groups is 3. The average molecular weight is 496 g/mol. The van der Waals surface area contributed by atoms with Crippen LogP contribution in [0.3, 0.4) is 0 Å². The van der Waals surface area contributed by atoms with Crippen LogP contribution in [0.2, 0.25) is 10.0 Å². The number of ether oxygens (including phenoxy) is 1. The summed E-state index contributed by atoms with van der Waals surface area (Å²) >= 11 is 12.2. The maximum atomic E-state index is 13.0. The number of rotatable bonds is 8. The maximum Gasteiger partial charge on any atom is 0.336 e.